The van der Waals surface area contributed by atoms with Gasteiger partial charge in [-0.25, -0.2) is 0 Å². The number of methoxy groups -OCH3 is 1. The Kier molecular flexibility index (Phi) is 2.93. The molecule has 0 N–H and O–H groups in total. The monoisotopic (exact) mass is 225 g/mol. The van der Waals surface area contributed by atoms with Crippen molar-refractivity contribution in [2.75, 3.05) is 19.7 Å². The average Bonchev–Trinajstić information content (AvgIpc) is 2.27. The first-order valence-electron chi connectivity index (χ1n) is 4.73. The minimum absolute atomic E-state index is 0.0781. The third-order valence-corrected chi connectivity index (χ3v) is 2.88. The summed E-state index contributed by atoms with van der Waals surface area (Å²) < 4.78 is 5.18. The number of hydrogen-bond donors (Lipinski definition) is 0. The molecule has 1 aromatic carbocycles. The second-order valence-electron chi connectivity index (χ2n) is 3.52. The lowest BCUT2D eigenvalue weighted by Crippen LogP contribution is -2.34. The van der Waals surface area contributed by atoms with E-state index in [9.17, 15) is 4.79 Å². The zero-order valence-corrected chi connectivity index (χ0v) is 9.25. The van der Waals surface area contributed by atoms with Gasteiger partial charge >= 0.3 is 0 Å². The van der Waals surface area contributed by atoms with Gasteiger partial charge in [0.25, 0.3) is 0 Å². The molecule has 0 unspecified atom stereocenters. The quantitative estimate of drug-likeness (QED) is 0.569. The molecule has 0 saturated carbocycles. The van der Waals surface area contributed by atoms with Gasteiger partial charge in [0.2, 0.25) is 0 Å². The van der Waals surface area contributed by atoms with Gasteiger partial charge in [-0.1, -0.05) is 12.1 Å². The molecule has 0 fully saturated rings. The van der Waals surface area contributed by atoms with Crippen LogP contribution in [0.15, 0.2) is 18.2 Å². The van der Waals surface area contributed by atoms with E-state index in [1.54, 1.807) is 7.11 Å². The van der Waals surface area contributed by atoms with Crippen molar-refractivity contribution in [3.8, 4) is 5.75 Å². The summed E-state index contributed by atoms with van der Waals surface area (Å²) in [5, 5.41) is 0. The normalized spacial score (nSPS) is 16.3. The Balaban J connectivity index is 2.44. The summed E-state index contributed by atoms with van der Waals surface area (Å²) in [4.78, 5) is 13.7. The van der Waals surface area contributed by atoms with E-state index in [0.29, 0.717) is 30.4 Å². The molecule has 15 heavy (non-hydrogen) atoms. The number of alkyl halides is 1. The maximum atomic E-state index is 11.9. The molecule has 0 radical (unpaired) electrons. The third kappa shape index (κ3) is 1.85. The van der Waals surface area contributed by atoms with E-state index in [-0.39, 0.29) is 5.78 Å². The first-order valence-corrected chi connectivity index (χ1v) is 5.27. The van der Waals surface area contributed by atoms with E-state index < -0.39 is 0 Å². The summed E-state index contributed by atoms with van der Waals surface area (Å²) in [6.07, 6.45) is 0. The van der Waals surface area contributed by atoms with Gasteiger partial charge in [-0.05, 0) is 11.6 Å². The SMILES string of the molecule is COc1cccc2c1C(=O)CN(CCl)C2. The lowest BCUT2D eigenvalue weighted by Gasteiger charge is -2.26. The first-order chi connectivity index (χ1) is 7.26. The van der Waals surface area contributed by atoms with Crippen LogP contribution in [0.1, 0.15) is 15.9 Å². The number of Topliss-reactive ketones (excluding diaryl/α,β-unsaturated/α-hetero) is 1. The predicted molar refractivity (Wildman–Crippen MR) is 58.5 cm³/mol. The third-order valence-electron chi connectivity index (χ3n) is 2.54. The van der Waals surface area contributed by atoms with Crippen molar-refractivity contribution in [1.29, 1.82) is 0 Å². The summed E-state index contributed by atoms with van der Waals surface area (Å²) in [5.74, 6) is 0.737. The highest BCUT2D eigenvalue weighted by atomic mass is 35.5. The molecule has 1 aromatic rings. The van der Waals surface area contributed by atoms with Gasteiger partial charge < -0.3 is 4.74 Å². The number of hydrogen-bond acceptors (Lipinski definition) is 3. The summed E-state index contributed by atoms with van der Waals surface area (Å²) in [6.45, 7) is 1.08. The van der Waals surface area contributed by atoms with Crippen LogP contribution >= 0.6 is 11.6 Å². The van der Waals surface area contributed by atoms with Crippen LogP contribution in [-0.2, 0) is 6.54 Å². The van der Waals surface area contributed by atoms with Gasteiger partial charge in [0.1, 0.15) is 5.75 Å². The van der Waals surface area contributed by atoms with E-state index in [1.807, 2.05) is 23.1 Å². The number of rotatable bonds is 2. The lowest BCUT2D eigenvalue weighted by atomic mass is 9.98. The largest absolute Gasteiger partial charge is 0.496 e. The standard InChI is InChI=1S/C11H12ClNO2/c1-15-10-4-2-3-8-5-13(7-12)6-9(14)11(8)10/h2-4H,5-7H2,1H3. The lowest BCUT2D eigenvalue weighted by molar-refractivity contribution is 0.0913. The molecule has 0 aliphatic carbocycles. The highest BCUT2D eigenvalue weighted by Crippen LogP contribution is 2.27. The molecular weight excluding hydrogens is 214 g/mol. The van der Waals surface area contributed by atoms with Gasteiger partial charge in [-0.3, -0.25) is 9.69 Å². The molecule has 0 spiro atoms. The molecule has 0 bridgehead atoms. The molecule has 0 aromatic heterocycles. The predicted octanol–water partition coefficient (Wildman–Crippen LogP) is 1.89. The van der Waals surface area contributed by atoms with Crippen LogP contribution in [0.3, 0.4) is 0 Å². The van der Waals surface area contributed by atoms with Crippen molar-refractivity contribution < 1.29 is 9.53 Å². The van der Waals surface area contributed by atoms with Crippen molar-refractivity contribution in [2.45, 2.75) is 6.54 Å². The van der Waals surface area contributed by atoms with E-state index in [0.717, 1.165) is 5.56 Å². The molecule has 1 heterocycles. The highest BCUT2D eigenvalue weighted by molar-refractivity contribution is 6.17. The van der Waals surface area contributed by atoms with Gasteiger partial charge in [0.05, 0.1) is 25.2 Å². The Morgan fingerprint density at radius 3 is 2.93 bits per heavy atom. The zero-order chi connectivity index (χ0) is 10.8. The number of fused-ring (bicyclic) bond motifs is 1. The van der Waals surface area contributed by atoms with Crippen LogP contribution in [-0.4, -0.2) is 30.3 Å². The van der Waals surface area contributed by atoms with Crippen LogP contribution in [0.25, 0.3) is 0 Å². The zero-order valence-electron chi connectivity index (χ0n) is 8.50. The Morgan fingerprint density at radius 1 is 1.47 bits per heavy atom. The minimum Gasteiger partial charge on any atom is -0.496 e. The Bertz CT molecular complexity index is 392. The van der Waals surface area contributed by atoms with Gasteiger partial charge in [-0.2, -0.15) is 0 Å². The molecular formula is C11H12ClNO2. The van der Waals surface area contributed by atoms with Crippen LogP contribution in [0.4, 0.5) is 0 Å². The Hall–Kier alpha value is -1.06. The van der Waals surface area contributed by atoms with Crippen LogP contribution < -0.4 is 4.74 Å². The van der Waals surface area contributed by atoms with Crippen LogP contribution in [0.2, 0.25) is 0 Å². The van der Waals surface area contributed by atoms with E-state index in [2.05, 4.69) is 0 Å². The van der Waals surface area contributed by atoms with Gasteiger partial charge in [0.15, 0.2) is 5.78 Å². The van der Waals surface area contributed by atoms with Gasteiger partial charge in [-0.15, -0.1) is 11.6 Å². The fourth-order valence-corrected chi connectivity index (χ4v) is 2.03. The van der Waals surface area contributed by atoms with Crippen molar-refractivity contribution in [1.82, 2.24) is 4.90 Å². The smallest absolute Gasteiger partial charge is 0.180 e. The molecule has 4 heteroatoms. The summed E-state index contributed by atoms with van der Waals surface area (Å²) in [5.41, 5.74) is 1.70. The summed E-state index contributed by atoms with van der Waals surface area (Å²) >= 11 is 5.73. The van der Waals surface area contributed by atoms with Gasteiger partial charge in [0, 0.05) is 6.54 Å². The molecule has 1 aliphatic heterocycles. The number of halogens is 1. The maximum absolute atomic E-state index is 11.9. The number of benzene rings is 1. The molecule has 0 amide bonds. The summed E-state index contributed by atoms with van der Waals surface area (Å²) in [6, 6.07) is 6.02. The fourth-order valence-electron chi connectivity index (χ4n) is 1.86. The van der Waals surface area contributed by atoms with E-state index in [4.69, 9.17) is 16.3 Å². The second-order valence-corrected chi connectivity index (χ2v) is 3.76. The van der Waals surface area contributed by atoms with Crippen molar-refractivity contribution in [3.63, 3.8) is 0 Å². The molecule has 1 aliphatic rings. The van der Waals surface area contributed by atoms with Crippen molar-refractivity contribution >= 4 is 17.4 Å². The molecule has 3 nitrogen and oxygen atoms in total. The topological polar surface area (TPSA) is 29.5 Å². The number of carbonyl (C=O) groups is 1. The minimum atomic E-state index is 0.0781. The Morgan fingerprint density at radius 2 is 2.27 bits per heavy atom. The number of ketones is 1. The maximum Gasteiger partial charge on any atom is 0.180 e. The van der Waals surface area contributed by atoms with Crippen molar-refractivity contribution in [2.24, 2.45) is 0 Å². The number of carbonyl (C=O) groups excluding carboxylic acids is 1. The molecule has 2 rings (SSSR count). The molecule has 0 saturated heterocycles. The Labute approximate surface area is 93.6 Å². The number of ether oxygens (including phenoxy) is 1. The molecule has 0 atom stereocenters. The van der Waals surface area contributed by atoms with Crippen LogP contribution in [0, 0.1) is 0 Å². The van der Waals surface area contributed by atoms with Crippen molar-refractivity contribution in [3.05, 3.63) is 29.3 Å². The average molecular weight is 226 g/mol. The van der Waals surface area contributed by atoms with Crippen LogP contribution in [0.5, 0.6) is 5.75 Å². The second kappa shape index (κ2) is 4.21. The first kappa shape index (κ1) is 10.5. The van der Waals surface area contributed by atoms with E-state index in [1.165, 1.54) is 0 Å². The molecule has 80 valence electrons. The summed E-state index contributed by atoms with van der Waals surface area (Å²) in [7, 11) is 1.58. The van der Waals surface area contributed by atoms with E-state index >= 15 is 0 Å². The fraction of sp³-hybridized carbons (Fsp3) is 0.364. The highest BCUT2D eigenvalue weighted by Gasteiger charge is 2.25. The number of nitrogens with zero attached hydrogens (tertiary/aromatic N) is 1.